The SMILES string of the molecule is CC(C)[C@@H]1NC(=O)[C@@H](NC(=O)Cc2ccc(S(C)(=O)=O)cc2)CCCCNC(=O)c2coc(n2)[C@@H](Cc2ccccc2)NC1=O. The van der Waals surface area contributed by atoms with E-state index in [1.807, 2.05) is 30.3 Å². The molecule has 12 nitrogen and oxygen atoms in total. The Bertz CT molecular complexity index is 1600. The lowest BCUT2D eigenvalue weighted by Crippen LogP contribution is -2.56. The highest BCUT2D eigenvalue weighted by Gasteiger charge is 2.32. The van der Waals surface area contributed by atoms with Crippen molar-refractivity contribution in [2.24, 2.45) is 5.92 Å². The van der Waals surface area contributed by atoms with E-state index in [0.29, 0.717) is 31.4 Å². The smallest absolute Gasteiger partial charge is 0.273 e. The Morgan fingerprint density at radius 2 is 1.69 bits per heavy atom. The minimum atomic E-state index is -3.38. The number of nitrogens with one attached hydrogen (secondary N) is 4. The second kappa shape index (κ2) is 15.0. The van der Waals surface area contributed by atoms with Gasteiger partial charge in [-0.15, -0.1) is 0 Å². The molecule has 2 heterocycles. The number of fused-ring (bicyclic) bond motifs is 2. The Kier molecular flexibility index (Phi) is 11.1. The Morgan fingerprint density at radius 3 is 2.36 bits per heavy atom. The van der Waals surface area contributed by atoms with E-state index in [1.165, 1.54) is 18.4 Å². The van der Waals surface area contributed by atoms with Gasteiger partial charge >= 0.3 is 0 Å². The Balaban J connectivity index is 1.54. The number of rotatable bonds is 7. The van der Waals surface area contributed by atoms with Gasteiger partial charge in [0, 0.05) is 19.2 Å². The number of oxazole rings is 1. The summed E-state index contributed by atoms with van der Waals surface area (Å²) < 4.78 is 29.2. The fraction of sp³-hybridized carbons (Fsp3) is 0.406. The van der Waals surface area contributed by atoms with Gasteiger partial charge in [-0.05, 0) is 48.4 Å². The van der Waals surface area contributed by atoms with Crippen LogP contribution in [0.3, 0.4) is 0 Å². The van der Waals surface area contributed by atoms with E-state index in [4.69, 9.17) is 4.42 Å². The standard InChI is InChI=1S/C32H39N5O7S/c1-20(2)28-31(41)35-25(17-21-9-5-4-6-10-21)32-36-26(19-44-32)29(39)33-16-8-7-11-24(30(40)37-28)34-27(38)18-22-12-14-23(15-13-22)45(3,42)43/h4-6,9-10,12-15,19-20,24-25,28H,7-8,11,16-18H2,1-3H3,(H,33,39)(H,34,38)(H,35,41)(H,37,40)/t24-,25+,28-/m0/s1. The van der Waals surface area contributed by atoms with Crippen LogP contribution in [0.4, 0.5) is 0 Å². The largest absolute Gasteiger partial charge is 0.446 e. The van der Waals surface area contributed by atoms with E-state index in [2.05, 4.69) is 26.3 Å². The second-order valence-corrected chi connectivity index (χ2v) is 13.5. The molecule has 0 saturated heterocycles. The fourth-order valence-electron chi connectivity index (χ4n) is 4.97. The number of sulfone groups is 1. The van der Waals surface area contributed by atoms with E-state index >= 15 is 0 Å². The van der Waals surface area contributed by atoms with Gasteiger partial charge < -0.3 is 25.7 Å². The highest BCUT2D eigenvalue weighted by molar-refractivity contribution is 7.90. The minimum absolute atomic E-state index is 0.0731. The average Bonchev–Trinajstić information content (AvgIpc) is 3.49. The predicted molar refractivity (Wildman–Crippen MR) is 166 cm³/mol. The molecular weight excluding hydrogens is 598 g/mol. The van der Waals surface area contributed by atoms with Crippen LogP contribution in [0, 0.1) is 5.92 Å². The lowest BCUT2D eigenvalue weighted by atomic mass is 10.00. The van der Waals surface area contributed by atoms with Crippen molar-refractivity contribution in [1.82, 2.24) is 26.3 Å². The first-order valence-corrected chi connectivity index (χ1v) is 16.8. The van der Waals surface area contributed by atoms with Crippen molar-refractivity contribution >= 4 is 33.5 Å². The van der Waals surface area contributed by atoms with Crippen molar-refractivity contribution in [1.29, 1.82) is 0 Å². The number of carbonyl (C=O) groups excluding carboxylic acids is 4. The van der Waals surface area contributed by atoms with Crippen molar-refractivity contribution in [2.75, 3.05) is 12.8 Å². The summed E-state index contributed by atoms with van der Waals surface area (Å²) in [4.78, 5) is 57.4. The molecule has 1 aromatic heterocycles. The van der Waals surface area contributed by atoms with E-state index in [0.717, 1.165) is 11.8 Å². The quantitative estimate of drug-likeness (QED) is 0.305. The number of amides is 4. The number of benzene rings is 2. The van der Waals surface area contributed by atoms with E-state index in [-0.39, 0.29) is 35.2 Å². The van der Waals surface area contributed by atoms with Crippen LogP contribution in [0.25, 0.3) is 0 Å². The molecule has 2 bridgehead atoms. The lowest BCUT2D eigenvalue weighted by Gasteiger charge is -2.27. The van der Waals surface area contributed by atoms with Gasteiger partial charge in [-0.2, -0.15) is 0 Å². The van der Waals surface area contributed by atoms with Crippen LogP contribution in [-0.2, 0) is 37.1 Å². The molecule has 0 saturated carbocycles. The zero-order valence-corrected chi connectivity index (χ0v) is 26.4. The fourth-order valence-corrected chi connectivity index (χ4v) is 5.60. The van der Waals surface area contributed by atoms with Gasteiger partial charge in [-0.1, -0.05) is 56.3 Å². The number of nitrogens with zero attached hydrogens (tertiary/aromatic N) is 1. The highest BCUT2D eigenvalue weighted by atomic mass is 32.2. The first-order valence-electron chi connectivity index (χ1n) is 14.9. The molecule has 0 aliphatic carbocycles. The van der Waals surface area contributed by atoms with Crippen molar-refractivity contribution in [2.45, 2.75) is 69.0 Å². The third-order valence-electron chi connectivity index (χ3n) is 7.47. The second-order valence-electron chi connectivity index (χ2n) is 11.5. The Hall–Kier alpha value is -4.52. The van der Waals surface area contributed by atoms with Crippen LogP contribution in [-0.4, -0.2) is 61.9 Å². The van der Waals surface area contributed by atoms with E-state index in [9.17, 15) is 27.6 Å². The van der Waals surface area contributed by atoms with Gasteiger partial charge in [0.05, 0.1) is 11.3 Å². The molecule has 2 aromatic carbocycles. The molecule has 3 aromatic rings. The van der Waals surface area contributed by atoms with Gasteiger partial charge in [-0.3, -0.25) is 19.2 Å². The molecule has 0 fully saturated rings. The Labute approximate surface area is 262 Å². The van der Waals surface area contributed by atoms with Gasteiger partial charge in [-0.25, -0.2) is 13.4 Å². The molecule has 3 atom stereocenters. The van der Waals surface area contributed by atoms with Crippen LogP contribution in [0.5, 0.6) is 0 Å². The van der Waals surface area contributed by atoms with Crippen LogP contribution in [0.1, 0.15) is 66.7 Å². The zero-order chi connectivity index (χ0) is 32.6. The third kappa shape index (κ3) is 9.48. The molecule has 4 rings (SSSR count). The van der Waals surface area contributed by atoms with Crippen molar-refractivity contribution in [3.8, 4) is 0 Å². The van der Waals surface area contributed by atoms with Crippen LogP contribution < -0.4 is 21.3 Å². The third-order valence-corrected chi connectivity index (χ3v) is 8.60. The van der Waals surface area contributed by atoms with Gasteiger partial charge in [0.25, 0.3) is 5.91 Å². The first kappa shape index (κ1) is 33.4. The summed E-state index contributed by atoms with van der Waals surface area (Å²) in [5.41, 5.74) is 1.57. The summed E-state index contributed by atoms with van der Waals surface area (Å²) in [5, 5.41) is 11.3. The number of hydrogen-bond donors (Lipinski definition) is 4. The number of carbonyl (C=O) groups is 4. The van der Waals surface area contributed by atoms with Gasteiger partial charge in [0.1, 0.15) is 24.4 Å². The molecule has 1 aliphatic rings. The lowest BCUT2D eigenvalue weighted by molar-refractivity contribution is -0.133. The molecule has 4 amide bonds. The van der Waals surface area contributed by atoms with E-state index in [1.54, 1.807) is 26.0 Å². The van der Waals surface area contributed by atoms with Gasteiger partial charge in [0.15, 0.2) is 15.5 Å². The molecule has 240 valence electrons. The van der Waals surface area contributed by atoms with Crippen LogP contribution >= 0.6 is 0 Å². The van der Waals surface area contributed by atoms with Crippen molar-refractivity contribution < 1.29 is 32.0 Å². The molecule has 0 unspecified atom stereocenters. The molecule has 1 aliphatic heterocycles. The summed E-state index contributed by atoms with van der Waals surface area (Å²) >= 11 is 0. The normalized spacial score (nSPS) is 20.2. The number of aromatic nitrogens is 1. The molecule has 4 N–H and O–H groups in total. The summed E-state index contributed by atoms with van der Waals surface area (Å²) in [6, 6.07) is 12.8. The zero-order valence-electron chi connectivity index (χ0n) is 25.5. The summed E-state index contributed by atoms with van der Waals surface area (Å²) in [6.45, 7) is 3.92. The minimum Gasteiger partial charge on any atom is -0.446 e. The average molecular weight is 638 g/mol. The Morgan fingerprint density at radius 1 is 0.978 bits per heavy atom. The van der Waals surface area contributed by atoms with Crippen LogP contribution in [0.15, 0.2) is 70.2 Å². The van der Waals surface area contributed by atoms with Crippen molar-refractivity contribution in [3.63, 3.8) is 0 Å². The number of hydrogen-bond acceptors (Lipinski definition) is 8. The monoisotopic (exact) mass is 637 g/mol. The highest BCUT2D eigenvalue weighted by Crippen LogP contribution is 2.20. The van der Waals surface area contributed by atoms with Crippen LogP contribution in [0.2, 0.25) is 0 Å². The maximum absolute atomic E-state index is 13.6. The summed E-state index contributed by atoms with van der Waals surface area (Å²) in [6.07, 6.45) is 3.89. The van der Waals surface area contributed by atoms with Crippen molar-refractivity contribution in [3.05, 3.63) is 83.6 Å². The molecule has 0 spiro atoms. The molecule has 0 radical (unpaired) electrons. The summed E-state index contributed by atoms with van der Waals surface area (Å²) in [7, 11) is -3.38. The molecular formula is C32H39N5O7S. The maximum atomic E-state index is 13.6. The summed E-state index contributed by atoms with van der Waals surface area (Å²) in [5.74, 6) is -1.98. The van der Waals surface area contributed by atoms with E-state index < -0.39 is 51.6 Å². The first-order chi connectivity index (χ1) is 21.4. The molecule has 13 heteroatoms. The maximum Gasteiger partial charge on any atom is 0.273 e. The predicted octanol–water partition coefficient (Wildman–Crippen LogP) is 2.26. The topological polar surface area (TPSA) is 177 Å². The van der Waals surface area contributed by atoms with Gasteiger partial charge in [0.2, 0.25) is 23.6 Å². The molecule has 45 heavy (non-hydrogen) atoms.